The molecule has 0 amide bonds. The highest BCUT2D eigenvalue weighted by atomic mass is 19.4. The Kier molecular flexibility index (Phi) is 4.17. The summed E-state index contributed by atoms with van der Waals surface area (Å²) in [6, 6.07) is 3.32. The van der Waals surface area contributed by atoms with Crippen LogP contribution in [0.2, 0.25) is 0 Å². The molecular formula is C12H11F5O2. The van der Waals surface area contributed by atoms with Crippen LogP contribution in [0.4, 0.5) is 22.0 Å². The minimum atomic E-state index is -5.91. The van der Waals surface area contributed by atoms with Crippen LogP contribution in [0.15, 0.2) is 18.2 Å². The first-order chi connectivity index (χ1) is 8.61. The van der Waals surface area contributed by atoms with Gasteiger partial charge in [-0.25, -0.2) is 0 Å². The number of hydrogen-bond acceptors (Lipinski definition) is 2. The van der Waals surface area contributed by atoms with Gasteiger partial charge in [0.25, 0.3) is 0 Å². The molecule has 0 aliphatic rings. The van der Waals surface area contributed by atoms with Crippen LogP contribution in [0.5, 0.6) is 5.75 Å². The minimum absolute atomic E-state index is 0.000116. The Balaban J connectivity index is 3.14. The fourth-order valence-electron chi connectivity index (χ4n) is 1.45. The molecule has 0 bridgehead atoms. The van der Waals surface area contributed by atoms with Gasteiger partial charge in [0, 0.05) is 5.56 Å². The van der Waals surface area contributed by atoms with Crippen molar-refractivity contribution in [2.24, 2.45) is 0 Å². The molecule has 1 aromatic rings. The summed E-state index contributed by atoms with van der Waals surface area (Å²) in [7, 11) is 0. The lowest BCUT2D eigenvalue weighted by atomic mass is 10.00. The second-order valence-corrected chi connectivity index (χ2v) is 3.81. The van der Waals surface area contributed by atoms with Crippen molar-refractivity contribution in [3.63, 3.8) is 0 Å². The smallest absolute Gasteiger partial charge is 0.461 e. The summed E-state index contributed by atoms with van der Waals surface area (Å²) in [4.78, 5) is 11.3. The largest absolute Gasteiger partial charge is 0.494 e. The topological polar surface area (TPSA) is 26.3 Å². The van der Waals surface area contributed by atoms with E-state index in [4.69, 9.17) is 4.74 Å². The molecule has 0 aliphatic carbocycles. The van der Waals surface area contributed by atoms with Crippen LogP contribution < -0.4 is 4.74 Å². The molecule has 0 unspecified atom stereocenters. The van der Waals surface area contributed by atoms with Crippen molar-refractivity contribution < 1.29 is 31.5 Å². The quantitative estimate of drug-likeness (QED) is 0.620. The maximum absolute atomic E-state index is 12.9. The van der Waals surface area contributed by atoms with E-state index in [1.807, 2.05) is 0 Å². The summed E-state index contributed by atoms with van der Waals surface area (Å²) in [5.41, 5.74) is -0.675. The molecule has 1 aromatic carbocycles. The van der Waals surface area contributed by atoms with E-state index >= 15 is 0 Å². The first-order valence-corrected chi connectivity index (χ1v) is 5.34. The number of benzene rings is 1. The maximum Gasteiger partial charge on any atom is 0.461 e. The lowest BCUT2D eigenvalue weighted by molar-refractivity contribution is -0.255. The third-order valence-corrected chi connectivity index (χ3v) is 2.39. The zero-order valence-electron chi connectivity index (χ0n) is 10.1. The molecule has 0 aromatic heterocycles. The van der Waals surface area contributed by atoms with Crippen LogP contribution in [0.25, 0.3) is 0 Å². The molecular weight excluding hydrogens is 271 g/mol. The van der Waals surface area contributed by atoms with E-state index in [0.717, 1.165) is 6.07 Å². The molecule has 0 aliphatic heterocycles. The lowest BCUT2D eigenvalue weighted by Gasteiger charge is -2.19. The molecule has 106 valence electrons. The van der Waals surface area contributed by atoms with E-state index in [1.165, 1.54) is 19.1 Å². The van der Waals surface area contributed by atoms with Crippen molar-refractivity contribution in [1.82, 2.24) is 0 Å². The van der Waals surface area contributed by atoms with Crippen molar-refractivity contribution in [3.8, 4) is 5.75 Å². The zero-order valence-corrected chi connectivity index (χ0v) is 10.1. The average Bonchev–Trinajstić information content (AvgIpc) is 2.27. The zero-order chi connectivity index (χ0) is 14.8. The number of ketones is 1. The van der Waals surface area contributed by atoms with Crippen molar-refractivity contribution in [1.29, 1.82) is 0 Å². The Bertz CT molecular complexity index is 479. The van der Waals surface area contributed by atoms with Crippen molar-refractivity contribution in [2.75, 3.05) is 6.61 Å². The Morgan fingerprint density at radius 1 is 1.21 bits per heavy atom. The van der Waals surface area contributed by atoms with Crippen molar-refractivity contribution in [3.05, 3.63) is 29.3 Å². The van der Waals surface area contributed by atoms with Crippen LogP contribution in [0.1, 0.15) is 22.8 Å². The third kappa shape index (κ3) is 3.02. The number of carbonyl (C=O) groups excluding carboxylic acids is 1. The number of Topliss-reactive ketones (excluding diaryl/α,β-unsaturated/α-hetero) is 1. The summed E-state index contributed by atoms with van der Waals surface area (Å²) >= 11 is 0. The standard InChI is InChI=1S/C12H11F5O2/c1-3-19-8-4-5-9(7(2)6-8)10(18)11(13,14)12(15,16)17/h4-6H,3H2,1-2H3. The van der Waals surface area contributed by atoms with Crippen molar-refractivity contribution >= 4 is 5.78 Å². The van der Waals surface area contributed by atoms with Gasteiger partial charge in [-0.05, 0) is 37.6 Å². The van der Waals surface area contributed by atoms with Gasteiger partial charge in [-0.2, -0.15) is 22.0 Å². The highest BCUT2D eigenvalue weighted by Gasteiger charge is 2.63. The number of alkyl halides is 5. The first kappa shape index (κ1) is 15.4. The number of halogens is 5. The molecule has 0 spiro atoms. The van der Waals surface area contributed by atoms with Crippen molar-refractivity contribution in [2.45, 2.75) is 25.9 Å². The molecule has 0 fully saturated rings. The predicted octanol–water partition coefficient (Wildman–Crippen LogP) is 3.77. The fourth-order valence-corrected chi connectivity index (χ4v) is 1.45. The van der Waals surface area contributed by atoms with E-state index in [9.17, 15) is 26.7 Å². The highest BCUT2D eigenvalue weighted by Crippen LogP contribution is 2.38. The summed E-state index contributed by atoms with van der Waals surface area (Å²) < 4.78 is 67.2. The van der Waals surface area contributed by atoms with Crippen LogP contribution >= 0.6 is 0 Å². The van der Waals surface area contributed by atoms with Gasteiger partial charge < -0.3 is 4.74 Å². The molecule has 1 rings (SSSR count). The van der Waals surface area contributed by atoms with Gasteiger partial charge in [0.1, 0.15) is 5.75 Å². The predicted molar refractivity (Wildman–Crippen MR) is 57.7 cm³/mol. The Morgan fingerprint density at radius 2 is 1.79 bits per heavy atom. The average molecular weight is 282 g/mol. The Morgan fingerprint density at radius 3 is 2.21 bits per heavy atom. The molecule has 0 heterocycles. The maximum atomic E-state index is 12.9. The van der Waals surface area contributed by atoms with Gasteiger partial charge >= 0.3 is 12.1 Å². The molecule has 2 nitrogen and oxygen atoms in total. The van der Waals surface area contributed by atoms with Gasteiger partial charge in [0.05, 0.1) is 6.61 Å². The van der Waals surface area contributed by atoms with Gasteiger partial charge in [0.15, 0.2) is 0 Å². The lowest BCUT2D eigenvalue weighted by Crippen LogP contribution is -2.44. The number of hydrogen-bond donors (Lipinski definition) is 0. The second-order valence-electron chi connectivity index (χ2n) is 3.81. The number of ether oxygens (including phenoxy) is 1. The molecule has 0 saturated carbocycles. The van der Waals surface area contributed by atoms with E-state index in [-0.39, 0.29) is 5.56 Å². The van der Waals surface area contributed by atoms with E-state index in [0.29, 0.717) is 12.4 Å². The van der Waals surface area contributed by atoms with Crippen LogP contribution in [-0.2, 0) is 0 Å². The number of carbonyl (C=O) groups is 1. The van der Waals surface area contributed by atoms with E-state index in [2.05, 4.69) is 0 Å². The van der Waals surface area contributed by atoms with Gasteiger partial charge in [-0.15, -0.1) is 0 Å². The molecule has 0 radical (unpaired) electrons. The summed E-state index contributed by atoms with van der Waals surface area (Å²) in [6.45, 7) is 3.26. The number of rotatable bonds is 4. The Hall–Kier alpha value is -1.66. The molecule has 0 saturated heterocycles. The summed E-state index contributed by atoms with van der Waals surface area (Å²) in [5.74, 6) is -7.36. The first-order valence-electron chi connectivity index (χ1n) is 5.34. The van der Waals surface area contributed by atoms with E-state index < -0.39 is 23.4 Å². The van der Waals surface area contributed by atoms with Gasteiger partial charge in [0.2, 0.25) is 5.78 Å². The monoisotopic (exact) mass is 282 g/mol. The number of aryl methyl sites for hydroxylation is 1. The fraction of sp³-hybridized carbons (Fsp3) is 0.417. The van der Waals surface area contributed by atoms with E-state index in [1.54, 1.807) is 6.92 Å². The molecule has 19 heavy (non-hydrogen) atoms. The Labute approximate surface area is 106 Å². The van der Waals surface area contributed by atoms with Gasteiger partial charge in [-0.3, -0.25) is 4.79 Å². The van der Waals surface area contributed by atoms with Gasteiger partial charge in [-0.1, -0.05) is 0 Å². The van der Waals surface area contributed by atoms with Crippen LogP contribution in [-0.4, -0.2) is 24.5 Å². The molecule has 0 N–H and O–H groups in total. The van der Waals surface area contributed by atoms with Crippen LogP contribution in [0.3, 0.4) is 0 Å². The third-order valence-electron chi connectivity index (χ3n) is 2.39. The summed E-state index contributed by atoms with van der Waals surface area (Å²) in [5, 5.41) is 0. The second kappa shape index (κ2) is 5.14. The molecule has 0 atom stereocenters. The minimum Gasteiger partial charge on any atom is -0.494 e. The highest BCUT2D eigenvalue weighted by molar-refractivity contribution is 6.03. The SMILES string of the molecule is CCOc1ccc(C(=O)C(F)(F)C(F)(F)F)c(C)c1. The normalized spacial score (nSPS) is 12.4. The van der Waals surface area contributed by atoms with Crippen LogP contribution in [0, 0.1) is 6.92 Å². The molecule has 7 heteroatoms. The summed E-state index contributed by atoms with van der Waals surface area (Å²) in [6.07, 6.45) is -5.91.